The smallest absolute Gasteiger partial charge is 0.251 e. The Morgan fingerprint density at radius 2 is 2.06 bits per heavy atom. The number of hydrogen-bond donors (Lipinski definition) is 2. The van der Waals surface area contributed by atoms with E-state index >= 15 is 0 Å². The normalized spacial score (nSPS) is 22.9. The highest BCUT2D eigenvalue weighted by molar-refractivity contribution is 6.01. The summed E-state index contributed by atoms with van der Waals surface area (Å²) >= 11 is 0. The zero-order chi connectivity index (χ0) is 13.2. The van der Waals surface area contributed by atoms with Crippen LogP contribution >= 0.6 is 0 Å². The van der Waals surface area contributed by atoms with E-state index in [2.05, 4.69) is 5.32 Å². The van der Waals surface area contributed by atoms with Crippen LogP contribution in [0, 0.1) is 5.92 Å². The number of hydrogen-bond acceptors (Lipinski definition) is 4. The Balaban J connectivity index is 2.61. The van der Waals surface area contributed by atoms with Gasteiger partial charge < -0.3 is 11.1 Å². The molecule has 6 nitrogen and oxygen atoms in total. The van der Waals surface area contributed by atoms with Crippen LogP contribution in [0.4, 0.5) is 0 Å². The summed E-state index contributed by atoms with van der Waals surface area (Å²) in [7, 11) is 1.42. The third-order valence-electron chi connectivity index (χ3n) is 2.99. The number of nitrogens with one attached hydrogen (secondary N) is 1. The van der Waals surface area contributed by atoms with Crippen LogP contribution in [0.25, 0.3) is 0 Å². The number of imide groups is 1. The van der Waals surface area contributed by atoms with Crippen LogP contribution in [0.5, 0.6) is 0 Å². The molecule has 1 aliphatic rings. The van der Waals surface area contributed by atoms with Crippen molar-refractivity contribution in [2.75, 3.05) is 7.05 Å². The number of nitrogens with two attached hydrogens (primary N) is 1. The molecule has 0 saturated carbocycles. The lowest BCUT2D eigenvalue weighted by atomic mass is 10.0. The maximum absolute atomic E-state index is 11.7. The largest absolute Gasteiger partial charge is 0.343 e. The first-order valence-electron chi connectivity index (χ1n) is 5.71. The molecule has 0 bridgehead atoms. The summed E-state index contributed by atoms with van der Waals surface area (Å²) in [5.41, 5.74) is 5.68. The summed E-state index contributed by atoms with van der Waals surface area (Å²) in [6, 6.07) is -1.26. The van der Waals surface area contributed by atoms with Gasteiger partial charge in [-0.25, -0.2) is 0 Å². The van der Waals surface area contributed by atoms with Gasteiger partial charge in [-0.3, -0.25) is 19.3 Å². The summed E-state index contributed by atoms with van der Waals surface area (Å²) in [5, 5.41) is 2.59. The van der Waals surface area contributed by atoms with Gasteiger partial charge in [-0.1, -0.05) is 13.8 Å². The third-order valence-corrected chi connectivity index (χ3v) is 2.99. The molecule has 1 aliphatic heterocycles. The van der Waals surface area contributed by atoms with Gasteiger partial charge in [0.2, 0.25) is 11.8 Å². The number of carbonyl (C=O) groups excluding carboxylic acids is 3. The molecule has 2 atom stereocenters. The van der Waals surface area contributed by atoms with Gasteiger partial charge in [0.05, 0.1) is 6.04 Å². The molecular formula is C11H19N3O3. The van der Waals surface area contributed by atoms with Crippen molar-refractivity contribution in [3.05, 3.63) is 0 Å². The SMILES string of the molecule is CC(C)[C@H](N)C(=O)NC1CCC(=O)N(C)C1=O. The molecule has 1 heterocycles. The lowest BCUT2D eigenvalue weighted by molar-refractivity contribution is -0.149. The van der Waals surface area contributed by atoms with E-state index in [0.29, 0.717) is 6.42 Å². The van der Waals surface area contributed by atoms with E-state index in [1.165, 1.54) is 7.05 Å². The van der Waals surface area contributed by atoms with Gasteiger partial charge in [0.15, 0.2) is 0 Å². The summed E-state index contributed by atoms with van der Waals surface area (Å²) in [6.07, 6.45) is 0.614. The van der Waals surface area contributed by atoms with Crippen molar-refractivity contribution in [2.24, 2.45) is 11.7 Å². The topological polar surface area (TPSA) is 92.5 Å². The Morgan fingerprint density at radius 3 is 2.59 bits per heavy atom. The second-order valence-corrected chi connectivity index (χ2v) is 4.66. The van der Waals surface area contributed by atoms with E-state index in [1.54, 1.807) is 0 Å². The number of carbonyl (C=O) groups is 3. The van der Waals surface area contributed by atoms with E-state index in [-0.39, 0.29) is 30.1 Å². The van der Waals surface area contributed by atoms with Gasteiger partial charge >= 0.3 is 0 Å². The van der Waals surface area contributed by atoms with Crippen LogP contribution in [0.2, 0.25) is 0 Å². The van der Waals surface area contributed by atoms with Crippen molar-refractivity contribution in [3.63, 3.8) is 0 Å². The average Bonchev–Trinajstić information content (AvgIpc) is 2.28. The third kappa shape index (κ3) is 3.03. The number of amides is 3. The molecule has 96 valence electrons. The molecule has 3 N–H and O–H groups in total. The fourth-order valence-corrected chi connectivity index (χ4v) is 1.62. The molecule has 1 rings (SSSR count). The molecule has 1 fully saturated rings. The number of likely N-dealkylation sites (tertiary alicyclic amines) is 1. The van der Waals surface area contributed by atoms with Crippen LogP contribution in [0.3, 0.4) is 0 Å². The van der Waals surface area contributed by atoms with Crippen LogP contribution in [0.15, 0.2) is 0 Å². The highest BCUT2D eigenvalue weighted by atomic mass is 16.2. The van der Waals surface area contributed by atoms with E-state index < -0.39 is 12.1 Å². The maximum Gasteiger partial charge on any atom is 0.251 e. The zero-order valence-electron chi connectivity index (χ0n) is 10.4. The molecule has 17 heavy (non-hydrogen) atoms. The molecule has 1 saturated heterocycles. The van der Waals surface area contributed by atoms with Crippen molar-refractivity contribution >= 4 is 17.7 Å². The van der Waals surface area contributed by atoms with Crippen molar-refractivity contribution in [2.45, 2.75) is 38.8 Å². The Hall–Kier alpha value is -1.43. The van der Waals surface area contributed by atoms with E-state index in [9.17, 15) is 14.4 Å². The van der Waals surface area contributed by atoms with Crippen LogP contribution < -0.4 is 11.1 Å². The highest BCUT2D eigenvalue weighted by Crippen LogP contribution is 2.12. The van der Waals surface area contributed by atoms with E-state index in [4.69, 9.17) is 5.73 Å². The molecule has 1 unspecified atom stereocenters. The fraction of sp³-hybridized carbons (Fsp3) is 0.727. The van der Waals surface area contributed by atoms with Crippen LogP contribution in [-0.2, 0) is 14.4 Å². The monoisotopic (exact) mass is 241 g/mol. The van der Waals surface area contributed by atoms with E-state index in [0.717, 1.165) is 4.90 Å². The first-order valence-corrected chi connectivity index (χ1v) is 5.71. The Morgan fingerprint density at radius 1 is 1.47 bits per heavy atom. The molecule has 0 aromatic heterocycles. The molecule has 0 radical (unpaired) electrons. The molecule has 6 heteroatoms. The molecule has 0 aromatic carbocycles. The standard InChI is InChI=1S/C11H19N3O3/c1-6(2)9(12)10(16)13-7-4-5-8(15)14(3)11(7)17/h6-7,9H,4-5,12H2,1-3H3,(H,13,16)/t7?,9-/m0/s1. The predicted molar refractivity (Wildman–Crippen MR) is 61.8 cm³/mol. The number of nitrogens with zero attached hydrogens (tertiary/aromatic N) is 1. The van der Waals surface area contributed by atoms with Gasteiger partial charge in [0, 0.05) is 13.5 Å². The second kappa shape index (κ2) is 5.27. The van der Waals surface area contributed by atoms with Gasteiger partial charge in [-0.2, -0.15) is 0 Å². The van der Waals surface area contributed by atoms with Gasteiger partial charge in [0.1, 0.15) is 6.04 Å². The predicted octanol–water partition coefficient (Wildman–Crippen LogP) is -0.767. The minimum Gasteiger partial charge on any atom is -0.343 e. The maximum atomic E-state index is 11.7. The second-order valence-electron chi connectivity index (χ2n) is 4.66. The van der Waals surface area contributed by atoms with Gasteiger partial charge in [-0.15, -0.1) is 0 Å². The molecule has 0 aliphatic carbocycles. The minimum atomic E-state index is -0.634. The van der Waals surface area contributed by atoms with Crippen molar-refractivity contribution in [1.82, 2.24) is 10.2 Å². The van der Waals surface area contributed by atoms with Crippen LogP contribution in [0.1, 0.15) is 26.7 Å². The molecule has 0 aromatic rings. The Kier molecular flexibility index (Phi) is 4.22. The first-order chi connectivity index (χ1) is 7.84. The van der Waals surface area contributed by atoms with Crippen LogP contribution in [-0.4, -0.2) is 41.8 Å². The van der Waals surface area contributed by atoms with Gasteiger partial charge in [0.25, 0.3) is 5.91 Å². The number of rotatable bonds is 3. The summed E-state index contributed by atoms with van der Waals surface area (Å²) in [6.45, 7) is 3.67. The first kappa shape index (κ1) is 13.6. The van der Waals surface area contributed by atoms with Crippen molar-refractivity contribution in [1.29, 1.82) is 0 Å². The lowest BCUT2D eigenvalue weighted by Crippen LogP contribution is -2.56. The Labute approximate surface area is 101 Å². The average molecular weight is 241 g/mol. The van der Waals surface area contributed by atoms with Gasteiger partial charge in [-0.05, 0) is 12.3 Å². The summed E-state index contributed by atoms with van der Waals surface area (Å²) in [5.74, 6) is -0.923. The highest BCUT2D eigenvalue weighted by Gasteiger charge is 2.33. The quantitative estimate of drug-likeness (QED) is 0.635. The van der Waals surface area contributed by atoms with Crippen molar-refractivity contribution < 1.29 is 14.4 Å². The fourth-order valence-electron chi connectivity index (χ4n) is 1.62. The molecule has 0 spiro atoms. The molecular weight excluding hydrogens is 222 g/mol. The number of piperidine rings is 1. The summed E-state index contributed by atoms with van der Waals surface area (Å²) in [4.78, 5) is 35.7. The van der Waals surface area contributed by atoms with E-state index in [1.807, 2.05) is 13.8 Å². The number of likely N-dealkylation sites (N-methyl/N-ethyl adjacent to an activating group) is 1. The lowest BCUT2D eigenvalue weighted by Gasteiger charge is -2.29. The van der Waals surface area contributed by atoms with Crippen molar-refractivity contribution in [3.8, 4) is 0 Å². The Bertz CT molecular complexity index is 341. The molecule has 3 amide bonds. The summed E-state index contributed by atoms with van der Waals surface area (Å²) < 4.78 is 0. The zero-order valence-corrected chi connectivity index (χ0v) is 10.4. The minimum absolute atomic E-state index is 0.00746.